The van der Waals surface area contributed by atoms with Crippen LogP contribution in [0.1, 0.15) is 37.5 Å². The average Bonchev–Trinajstić information content (AvgIpc) is 2.64. The van der Waals surface area contributed by atoms with Crippen LogP contribution in [0.15, 0.2) is 53.7 Å². The van der Waals surface area contributed by atoms with Crippen molar-refractivity contribution < 1.29 is 27.9 Å². The lowest BCUT2D eigenvalue weighted by atomic mass is 10.1. The van der Waals surface area contributed by atoms with Crippen LogP contribution in [0.25, 0.3) is 0 Å². The van der Waals surface area contributed by atoms with Crippen LogP contribution in [0.4, 0.5) is 23.7 Å². The van der Waals surface area contributed by atoms with Crippen molar-refractivity contribution in [1.29, 1.82) is 0 Å². The number of benzene rings is 2. The van der Waals surface area contributed by atoms with E-state index in [1.54, 1.807) is 45.0 Å². The zero-order valence-electron chi connectivity index (χ0n) is 16.2. The number of ether oxygens (including phenoxy) is 1. The molecule has 0 radical (unpaired) electrons. The predicted molar refractivity (Wildman–Crippen MR) is 103 cm³/mol. The molecule has 2 rings (SSSR count). The number of nitrogens with two attached hydrogens (primary N) is 1. The SMILES string of the molecule is CC(C)(C)OC(=O)N(Cc1ccc(/C(N)=N\O)cc1)c1cccc(C(F)(F)F)c1. The van der Waals surface area contributed by atoms with E-state index in [2.05, 4.69) is 5.16 Å². The van der Waals surface area contributed by atoms with Crippen LogP contribution in [0.5, 0.6) is 0 Å². The van der Waals surface area contributed by atoms with E-state index in [9.17, 15) is 18.0 Å². The van der Waals surface area contributed by atoms with E-state index in [1.807, 2.05) is 0 Å². The highest BCUT2D eigenvalue weighted by molar-refractivity contribution is 5.97. The first-order valence-electron chi connectivity index (χ1n) is 8.65. The van der Waals surface area contributed by atoms with E-state index in [0.29, 0.717) is 11.1 Å². The van der Waals surface area contributed by atoms with Gasteiger partial charge in [0.15, 0.2) is 5.84 Å². The standard InChI is InChI=1S/C20H22F3N3O3/c1-19(2,3)29-18(27)26(16-6-4-5-15(11-16)20(21,22)23)12-13-7-9-14(10-8-13)17(24)25-28/h4-11,28H,12H2,1-3H3,(H2,24,25). The zero-order valence-corrected chi connectivity index (χ0v) is 16.2. The number of halogens is 3. The molecule has 3 N–H and O–H groups in total. The van der Waals surface area contributed by atoms with Gasteiger partial charge in [0.05, 0.1) is 12.1 Å². The van der Waals surface area contributed by atoms with Crippen molar-refractivity contribution in [2.45, 2.75) is 39.1 Å². The molecule has 0 aliphatic carbocycles. The quantitative estimate of drug-likeness (QED) is 0.330. The van der Waals surface area contributed by atoms with Crippen molar-refractivity contribution in [2.24, 2.45) is 10.9 Å². The summed E-state index contributed by atoms with van der Waals surface area (Å²) in [5.41, 5.74) is 4.95. The lowest BCUT2D eigenvalue weighted by Gasteiger charge is -2.28. The Kier molecular flexibility index (Phi) is 6.41. The summed E-state index contributed by atoms with van der Waals surface area (Å²) < 4.78 is 44.7. The second-order valence-electron chi connectivity index (χ2n) is 7.30. The summed E-state index contributed by atoms with van der Waals surface area (Å²) in [6.07, 6.45) is -5.32. The third kappa shape index (κ3) is 6.13. The smallest absolute Gasteiger partial charge is 0.416 e. The molecule has 2 aromatic rings. The van der Waals surface area contributed by atoms with Gasteiger partial charge in [-0.25, -0.2) is 4.79 Å². The highest BCUT2D eigenvalue weighted by Gasteiger charge is 2.32. The fraction of sp³-hybridized carbons (Fsp3) is 0.300. The number of oxime groups is 1. The van der Waals surface area contributed by atoms with Crippen molar-refractivity contribution >= 4 is 17.6 Å². The van der Waals surface area contributed by atoms with Gasteiger partial charge in [0, 0.05) is 11.3 Å². The molecule has 29 heavy (non-hydrogen) atoms. The van der Waals surface area contributed by atoms with Crippen LogP contribution in [0.2, 0.25) is 0 Å². The van der Waals surface area contributed by atoms with Crippen molar-refractivity contribution in [1.82, 2.24) is 0 Å². The number of alkyl halides is 3. The Morgan fingerprint density at radius 3 is 2.28 bits per heavy atom. The summed E-state index contributed by atoms with van der Waals surface area (Å²) in [5.74, 6) is -0.0848. The van der Waals surface area contributed by atoms with Gasteiger partial charge in [-0.05, 0) is 44.5 Å². The first kappa shape index (κ1) is 22.1. The van der Waals surface area contributed by atoms with Gasteiger partial charge in [-0.3, -0.25) is 4.90 Å². The summed E-state index contributed by atoms with van der Waals surface area (Å²) in [6, 6.07) is 10.9. The first-order chi connectivity index (χ1) is 13.4. The van der Waals surface area contributed by atoms with Crippen LogP contribution in [-0.2, 0) is 17.5 Å². The minimum atomic E-state index is -4.54. The molecule has 2 aromatic carbocycles. The Morgan fingerprint density at radius 2 is 1.76 bits per heavy atom. The van der Waals surface area contributed by atoms with E-state index in [0.717, 1.165) is 17.0 Å². The number of hydrogen-bond acceptors (Lipinski definition) is 4. The third-order valence-corrected chi connectivity index (χ3v) is 3.80. The fourth-order valence-corrected chi connectivity index (χ4v) is 2.45. The van der Waals surface area contributed by atoms with Crippen molar-refractivity contribution in [3.8, 4) is 0 Å². The van der Waals surface area contributed by atoms with E-state index >= 15 is 0 Å². The van der Waals surface area contributed by atoms with E-state index < -0.39 is 23.4 Å². The molecule has 0 saturated carbocycles. The maximum absolute atomic E-state index is 13.1. The average molecular weight is 409 g/mol. The van der Waals surface area contributed by atoms with Gasteiger partial charge in [0.25, 0.3) is 0 Å². The summed E-state index contributed by atoms with van der Waals surface area (Å²) in [4.78, 5) is 13.8. The molecule has 0 bridgehead atoms. The third-order valence-electron chi connectivity index (χ3n) is 3.80. The number of hydrogen-bond donors (Lipinski definition) is 2. The second kappa shape index (κ2) is 8.42. The lowest BCUT2D eigenvalue weighted by molar-refractivity contribution is -0.137. The monoisotopic (exact) mass is 409 g/mol. The molecule has 0 aliphatic rings. The van der Waals surface area contributed by atoms with E-state index in [-0.39, 0.29) is 18.1 Å². The Morgan fingerprint density at radius 1 is 1.14 bits per heavy atom. The Bertz CT molecular complexity index is 888. The normalized spacial score (nSPS) is 12.6. The largest absolute Gasteiger partial charge is 0.443 e. The molecular weight excluding hydrogens is 387 g/mol. The number of rotatable bonds is 4. The summed E-state index contributed by atoms with van der Waals surface area (Å²) in [7, 11) is 0. The van der Waals surface area contributed by atoms with Gasteiger partial charge >= 0.3 is 12.3 Å². The number of nitrogens with zero attached hydrogens (tertiary/aromatic N) is 2. The number of amides is 1. The van der Waals surface area contributed by atoms with Gasteiger partial charge in [0.2, 0.25) is 0 Å². The summed E-state index contributed by atoms with van der Waals surface area (Å²) in [6.45, 7) is 4.97. The van der Waals surface area contributed by atoms with Crippen LogP contribution >= 0.6 is 0 Å². The van der Waals surface area contributed by atoms with E-state index in [4.69, 9.17) is 15.7 Å². The molecule has 0 aromatic heterocycles. The van der Waals surface area contributed by atoms with Crippen LogP contribution in [-0.4, -0.2) is 22.7 Å². The molecule has 0 aliphatic heterocycles. The molecule has 1 amide bonds. The van der Waals surface area contributed by atoms with Gasteiger partial charge in [0.1, 0.15) is 5.60 Å². The Labute approximate surface area is 166 Å². The Balaban J connectivity index is 2.39. The number of anilines is 1. The first-order valence-corrected chi connectivity index (χ1v) is 8.65. The molecule has 0 saturated heterocycles. The topological polar surface area (TPSA) is 88.2 Å². The highest BCUT2D eigenvalue weighted by atomic mass is 19.4. The maximum Gasteiger partial charge on any atom is 0.416 e. The molecular formula is C20H22F3N3O3. The zero-order chi connectivity index (χ0) is 21.8. The molecule has 6 nitrogen and oxygen atoms in total. The van der Waals surface area contributed by atoms with Crippen LogP contribution in [0.3, 0.4) is 0 Å². The van der Waals surface area contributed by atoms with E-state index in [1.165, 1.54) is 12.1 Å². The lowest BCUT2D eigenvalue weighted by Crippen LogP contribution is -2.36. The molecule has 0 atom stereocenters. The number of carbonyl (C=O) groups is 1. The van der Waals surface area contributed by atoms with Crippen molar-refractivity contribution in [2.75, 3.05) is 4.90 Å². The Hall–Kier alpha value is -3.23. The molecule has 0 fully saturated rings. The van der Waals surface area contributed by atoms with Gasteiger partial charge in [-0.1, -0.05) is 35.5 Å². The molecule has 9 heteroatoms. The fourth-order valence-electron chi connectivity index (χ4n) is 2.45. The summed E-state index contributed by atoms with van der Waals surface area (Å²) >= 11 is 0. The van der Waals surface area contributed by atoms with Crippen molar-refractivity contribution in [3.05, 3.63) is 65.2 Å². The number of amidine groups is 1. The van der Waals surface area contributed by atoms with Gasteiger partial charge < -0.3 is 15.7 Å². The minimum absolute atomic E-state index is 0.0350. The highest BCUT2D eigenvalue weighted by Crippen LogP contribution is 2.32. The second-order valence-corrected chi connectivity index (χ2v) is 7.30. The number of carbonyl (C=O) groups excluding carboxylic acids is 1. The summed E-state index contributed by atoms with van der Waals surface area (Å²) in [5, 5.41) is 11.6. The molecule has 156 valence electrons. The molecule has 0 unspecified atom stereocenters. The van der Waals surface area contributed by atoms with Crippen LogP contribution in [0, 0.1) is 0 Å². The van der Waals surface area contributed by atoms with Gasteiger partial charge in [-0.2, -0.15) is 13.2 Å². The predicted octanol–water partition coefficient (Wildman–Crippen LogP) is 4.74. The van der Waals surface area contributed by atoms with Gasteiger partial charge in [-0.15, -0.1) is 0 Å². The maximum atomic E-state index is 13.1. The molecule has 0 spiro atoms. The molecule has 0 heterocycles. The minimum Gasteiger partial charge on any atom is -0.443 e. The van der Waals surface area contributed by atoms with Crippen LogP contribution < -0.4 is 10.6 Å². The van der Waals surface area contributed by atoms with Crippen molar-refractivity contribution in [3.63, 3.8) is 0 Å².